The van der Waals surface area contributed by atoms with Crippen LogP contribution in [0.3, 0.4) is 0 Å². The van der Waals surface area contributed by atoms with Crippen molar-refractivity contribution in [2.24, 2.45) is 0 Å². The van der Waals surface area contributed by atoms with E-state index in [0.717, 1.165) is 19.2 Å². The van der Waals surface area contributed by atoms with Gasteiger partial charge in [0.15, 0.2) is 11.5 Å². The molecule has 3 aromatic rings. The third-order valence-electron chi connectivity index (χ3n) is 4.29. The number of rotatable bonds is 7. The van der Waals surface area contributed by atoms with Crippen LogP contribution in [0.1, 0.15) is 20.7 Å². The molecule has 10 nitrogen and oxygen atoms in total. The van der Waals surface area contributed by atoms with E-state index in [1.54, 1.807) is 0 Å². The Labute approximate surface area is 172 Å². The number of hydrogen-bond donors (Lipinski definition) is 2. The van der Waals surface area contributed by atoms with E-state index in [-0.39, 0.29) is 33.6 Å². The highest BCUT2D eigenvalue weighted by atomic mass is 19.3. The molecule has 0 saturated heterocycles. The van der Waals surface area contributed by atoms with E-state index < -0.39 is 29.2 Å². The number of H-pyrrole nitrogens is 1. The number of carbonyl (C=O) groups excluding carboxylic acids is 2. The molecule has 31 heavy (non-hydrogen) atoms. The van der Waals surface area contributed by atoms with Crippen molar-refractivity contribution in [1.82, 2.24) is 4.98 Å². The highest BCUT2D eigenvalue weighted by molar-refractivity contribution is 6.14. The SMILES string of the molecule is COC(=O)c1cc(OC)c(OC(F)F)cc1NC(=O)c1c[nH]c2ccc([N+](=O)[O-])cc12. The fourth-order valence-electron chi connectivity index (χ4n) is 2.89. The summed E-state index contributed by atoms with van der Waals surface area (Å²) >= 11 is 0. The first-order chi connectivity index (χ1) is 14.7. The zero-order valence-electron chi connectivity index (χ0n) is 16.1. The van der Waals surface area contributed by atoms with E-state index in [1.807, 2.05) is 0 Å². The highest BCUT2D eigenvalue weighted by Crippen LogP contribution is 2.35. The van der Waals surface area contributed by atoms with Gasteiger partial charge >= 0.3 is 12.6 Å². The van der Waals surface area contributed by atoms with Crippen LogP contribution in [0.5, 0.6) is 11.5 Å². The molecule has 162 valence electrons. The van der Waals surface area contributed by atoms with Gasteiger partial charge < -0.3 is 24.5 Å². The maximum atomic E-state index is 12.8. The van der Waals surface area contributed by atoms with Crippen molar-refractivity contribution < 1.29 is 37.5 Å². The number of benzene rings is 2. The van der Waals surface area contributed by atoms with Crippen LogP contribution in [0.15, 0.2) is 36.5 Å². The van der Waals surface area contributed by atoms with Crippen LogP contribution >= 0.6 is 0 Å². The summed E-state index contributed by atoms with van der Waals surface area (Å²) in [5.41, 5.74) is -0.108. The lowest BCUT2D eigenvalue weighted by molar-refractivity contribution is -0.384. The molecule has 12 heteroatoms. The Kier molecular flexibility index (Phi) is 6.00. The number of anilines is 1. The van der Waals surface area contributed by atoms with Gasteiger partial charge in [-0.05, 0) is 6.07 Å². The summed E-state index contributed by atoms with van der Waals surface area (Å²) < 4.78 is 39.5. The van der Waals surface area contributed by atoms with Crippen molar-refractivity contribution in [3.05, 3.63) is 57.8 Å². The Balaban J connectivity index is 2.05. The molecule has 0 aliphatic carbocycles. The number of nitrogens with one attached hydrogen (secondary N) is 2. The predicted molar refractivity (Wildman–Crippen MR) is 104 cm³/mol. The van der Waals surface area contributed by atoms with Crippen LogP contribution in [0, 0.1) is 10.1 Å². The third-order valence-corrected chi connectivity index (χ3v) is 4.29. The summed E-state index contributed by atoms with van der Waals surface area (Å²) in [5.74, 6) is -2.23. The topological polar surface area (TPSA) is 133 Å². The Morgan fingerprint density at radius 1 is 1.13 bits per heavy atom. The normalized spacial score (nSPS) is 10.7. The fraction of sp³-hybridized carbons (Fsp3) is 0.158. The largest absolute Gasteiger partial charge is 0.493 e. The van der Waals surface area contributed by atoms with Crippen LogP contribution in [-0.4, -0.2) is 42.6 Å². The van der Waals surface area contributed by atoms with Crippen LogP contribution < -0.4 is 14.8 Å². The molecule has 0 atom stereocenters. The Morgan fingerprint density at radius 3 is 2.48 bits per heavy atom. The van der Waals surface area contributed by atoms with E-state index in [1.165, 1.54) is 31.5 Å². The third kappa shape index (κ3) is 4.37. The number of amides is 1. The van der Waals surface area contributed by atoms with Gasteiger partial charge in [-0.3, -0.25) is 14.9 Å². The van der Waals surface area contributed by atoms with Crippen molar-refractivity contribution in [2.75, 3.05) is 19.5 Å². The lowest BCUT2D eigenvalue weighted by atomic mass is 10.1. The smallest absolute Gasteiger partial charge is 0.387 e. The summed E-state index contributed by atoms with van der Waals surface area (Å²) in [6.07, 6.45) is 1.32. The van der Waals surface area contributed by atoms with Crippen molar-refractivity contribution in [3.8, 4) is 11.5 Å². The molecule has 0 unspecified atom stereocenters. The first-order valence-electron chi connectivity index (χ1n) is 8.57. The van der Waals surface area contributed by atoms with Gasteiger partial charge in [0.25, 0.3) is 11.6 Å². The summed E-state index contributed by atoms with van der Waals surface area (Å²) in [5, 5.41) is 13.7. The Hall–Kier alpha value is -4.22. The summed E-state index contributed by atoms with van der Waals surface area (Å²) in [4.78, 5) is 38.2. The van der Waals surface area contributed by atoms with E-state index in [2.05, 4.69) is 19.8 Å². The number of methoxy groups -OCH3 is 2. The number of fused-ring (bicyclic) bond motifs is 1. The second kappa shape index (κ2) is 8.65. The van der Waals surface area contributed by atoms with Gasteiger partial charge in [0.1, 0.15) is 0 Å². The number of halogens is 2. The molecule has 1 aromatic heterocycles. The summed E-state index contributed by atoms with van der Waals surface area (Å²) in [7, 11) is 2.29. The second-order valence-corrected chi connectivity index (χ2v) is 6.06. The molecular formula is C19H15F2N3O7. The number of esters is 1. The van der Waals surface area contributed by atoms with Gasteiger partial charge in [-0.1, -0.05) is 0 Å². The van der Waals surface area contributed by atoms with Gasteiger partial charge in [-0.25, -0.2) is 4.79 Å². The molecule has 0 radical (unpaired) electrons. The number of nitro benzene ring substituents is 1. The van der Waals surface area contributed by atoms with Crippen LogP contribution in [-0.2, 0) is 4.74 Å². The van der Waals surface area contributed by atoms with Crippen LogP contribution in [0.4, 0.5) is 20.2 Å². The van der Waals surface area contributed by atoms with Gasteiger partial charge in [-0.2, -0.15) is 8.78 Å². The zero-order valence-corrected chi connectivity index (χ0v) is 16.1. The lowest BCUT2D eigenvalue weighted by Crippen LogP contribution is -2.16. The molecule has 0 aliphatic heterocycles. The maximum absolute atomic E-state index is 12.8. The molecule has 0 spiro atoms. The molecule has 0 saturated carbocycles. The standard InChI is InChI=1S/C19H15F2N3O7/c1-29-15-6-11(18(26)30-2)14(7-16(15)31-19(20)21)23-17(25)12-8-22-13-4-3-9(24(27)28)5-10(12)13/h3-8,19,22H,1-2H3,(H,23,25). The van der Waals surface area contributed by atoms with E-state index in [0.29, 0.717) is 5.52 Å². The first-order valence-corrected chi connectivity index (χ1v) is 8.57. The molecule has 0 fully saturated rings. The minimum atomic E-state index is -3.18. The van der Waals surface area contributed by atoms with Gasteiger partial charge in [0, 0.05) is 41.4 Å². The maximum Gasteiger partial charge on any atom is 0.387 e. The second-order valence-electron chi connectivity index (χ2n) is 6.06. The molecular weight excluding hydrogens is 420 g/mol. The molecule has 0 aliphatic rings. The summed E-state index contributed by atoms with van der Waals surface area (Å²) in [6, 6.07) is 5.99. The molecule has 1 heterocycles. The fourth-order valence-corrected chi connectivity index (χ4v) is 2.89. The number of alkyl halides is 2. The molecule has 0 bridgehead atoms. The van der Waals surface area contributed by atoms with Crippen molar-refractivity contribution in [2.45, 2.75) is 6.61 Å². The molecule has 3 rings (SSSR count). The van der Waals surface area contributed by atoms with E-state index in [9.17, 15) is 28.5 Å². The minimum absolute atomic E-state index is 0.0293. The number of ether oxygens (including phenoxy) is 3. The zero-order chi connectivity index (χ0) is 22.7. The van der Waals surface area contributed by atoms with Gasteiger partial charge in [0.2, 0.25) is 0 Å². The van der Waals surface area contributed by atoms with Gasteiger partial charge in [-0.15, -0.1) is 0 Å². The van der Waals surface area contributed by atoms with Crippen LogP contribution in [0.25, 0.3) is 10.9 Å². The Morgan fingerprint density at radius 2 is 1.87 bits per heavy atom. The van der Waals surface area contributed by atoms with E-state index >= 15 is 0 Å². The van der Waals surface area contributed by atoms with Crippen molar-refractivity contribution >= 4 is 34.2 Å². The number of aromatic nitrogens is 1. The molecule has 2 aromatic carbocycles. The quantitative estimate of drug-likeness (QED) is 0.328. The number of carbonyl (C=O) groups is 2. The summed E-state index contributed by atoms with van der Waals surface area (Å²) in [6.45, 7) is -3.18. The highest BCUT2D eigenvalue weighted by Gasteiger charge is 2.23. The number of aromatic amines is 1. The number of nitro groups is 1. The number of hydrogen-bond acceptors (Lipinski definition) is 7. The van der Waals surface area contributed by atoms with Crippen LogP contribution in [0.2, 0.25) is 0 Å². The Bertz CT molecular complexity index is 1180. The monoisotopic (exact) mass is 435 g/mol. The predicted octanol–water partition coefficient (Wildman–Crippen LogP) is 3.73. The van der Waals surface area contributed by atoms with E-state index in [4.69, 9.17) is 4.74 Å². The van der Waals surface area contributed by atoms with Crippen molar-refractivity contribution in [1.29, 1.82) is 0 Å². The average Bonchev–Trinajstić information content (AvgIpc) is 3.16. The molecule has 1 amide bonds. The lowest BCUT2D eigenvalue weighted by Gasteiger charge is -2.15. The van der Waals surface area contributed by atoms with Gasteiger partial charge in [0.05, 0.1) is 36.0 Å². The first kappa shape index (κ1) is 21.5. The number of non-ortho nitro benzene ring substituents is 1. The minimum Gasteiger partial charge on any atom is -0.493 e. The molecule has 2 N–H and O–H groups in total. The average molecular weight is 435 g/mol. The van der Waals surface area contributed by atoms with Crippen molar-refractivity contribution in [3.63, 3.8) is 0 Å². The number of nitrogens with zero attached hydrogens (tertiary/aromatic N) is 1.